The van der Waals surface area contributed by atoms with Crippen LogP contribution >= 0.6 is 0 Å². The van der Waals surface area contributed by atoms with Crippen LogP contribution < -0.4 is 14.6 Å². The molecule has 0 atom stereocenters. The molecule has 0 aliphatic heterocycles. The fourth-order valence-corrected chi connectivity index (χ4v) is 4.79. The third-order valence-corrected chi connectivity index (χ3v) is 6.95. The highest BCUT2D eigenvalue weighted by Gasteiger charge is 2.27. The molecule has 0 radical (unpaired) electrons. The highest BCUT2D eigenvalue weighted by Crippen LogP contribution is 2.23. The van der Waals surface area contributed by atoms with Crippen LogP contribution in [0.3, 0.4) is 0 Å². The summed E-state index contributed by atoms with van der Waals surface area (Å²) in [6.45, 7) is 5.44. The van der Waals surface area contributed by atoms with Crippen LogP contribution in [0.2, 0.25) is 0 Å². The Morgan fingerprint density at radius 1 is 0.912 bits per heavy atom. The number of anilines is 2. The second-order valence-corrected chi connectivity index (χ2v) is 9.22. The van der Waals surface area contributed by atoms with Crippen molar-refractivity contribution in [1.82, 2.24) is 5.43 Å². The molecule has 0 spiro atoms. The predicted molar refractivity (Wildman–Crippen MR) is 133 cm³/mol. The number of hydrogen-bond acceptors (Lipinski definition) is 5. The maximum Gasteiger partial charge on any atom is 0.264 e. The van der Waals surface area contributed by atoms with Crippen LogP contribution in [0.4, 0.5) is 15.8 Å². The molecule has 0 saturated heterocycles. The first-order valence-electron chi connectivity index (χ1n) is 10.9. The van der Waals surface area contributed by atoms with Gasteiger partial charge in [-0.2, -0.15) is 5.10 Å². The molecule has 178 valence electrons. The van der Waals surface area contributed by atoms with E-state index in [1.165, 1.54) is 30.5 Å². The average molecular weight is 483 g/mol. The van der Waals surface area contributed by atoms with E-state index in [4.69, 9.17) is 0 Å². The lowest BCUT2D eigenvalue weighted by Gasteiger charge is -2.23. The number of hydrogen-bond donors (Lipinski definition) is 1. The number of nitrogens with one attached hydrogen (secondary N) is 1. The van der Waals surface area contributed by atoms with Gasteiger partial charge in [-0.3, -0.25) is 9.10 Å². The van der Waals surface area contributed by atoms with Crippen LogP contribution in [0.15, 0.2) is 88.9 Å². The maximum absolute atomic E-state index is 13.4. The van der Waals surface area contributed by atoms with Crippen LogP contribution in [-0.4, -0.2) is 40.2 Å². The van der Waals surface area contributed by atoms with Crippen LogP contribution in [0.1, 0.15) is 19.4 Å². The van der Waals surface area contributed by atoms with Crippen molar-refractivity contribution >= 4 is 33.5 Å². The van der Waals surface area contributed by atoms with Gasteiger partial charge in [-0.05, 0) is 67.9 Å². The fourth-order valence-electron chi connectivity index (χ4n) is 3.35. The SMILES string of the molecule is CCN(CC)c1ccc(/C=N\NC(=O)CN(c2ccc(F)cc2)S(=O)(=O)c2ccccc2)cc1. The molecule has 7 nitrogen and oxygen atoms in total. The summed E-state index contributed by atoms with van der Waals surface area (Å²) in [7, 11) is -4.06. The predicted octanol–water partition coefficient (Wildman–Crippen LogP) is 4.02. The molecule has 9 heteroatoms. The molecule has 0 aliphatic carbocycles. The number of carbonyl (C=O) groups excluding carboxylic acids is 1. The summed E-state index contributed by atoms with van der Waals surface area (Å²) in [6, 6.07) is 20.3. The molecular weight excluding hydrogens is 455 g/mol. The van der Waals surface area contributed by atoms with Gasteiger partial charge in [-0.25, -0.2) is 18.2 Å². The van der Waals surface area contributed by atoms with E-state index in [1.54, 1.807) is 18.2 Å². The van der Waals surface area contributed by atoms with Crippen LogP contribution in [0.25, 0.3) is 0 Å². The number of nitrogens with zero attached hydrogens (tertiary/aromatic N) is 3. The average Bonchev–Trinajstić information content (AvgIpc) is 2.85. The van der Waals surface area contributed by atoms with Gasteiger partial charge in [0.05, 0.1) is 16.8 Å². The Kier molecular flexibility index (Phi) is 8.37. The molecule has 1 N–H and O–H groups in total. The molecule has 0 bridgehead atoms. The number of sulfonamides is 1. The van der Waals surface area contributed by atoms with E-state index in [2.05, 4.69) is 29.3 Å². The standard InChI is InChI=1S/C25H27FN4O3S/c1-3-29(4-2)22-14-10-20(11-15-22)18-27-28-25(31)19-30(23-16-12-21(26)13-17-23)34(32,33)24-8-6-5-7-9-24/h5-18H,3-4,19H2,1-2H3,(H,28,31)/b27-18-. The topological polar surface area (TPSA) is 82.1 Å². The monoisotopic (exact) mass is 482 g/mol. The zero-order valence-corrected chi connectivity index (χ0v) is 19.9. The van der Waals surface area contributed by atoms with Gasteiger partial charge in [0.25, 0.3) is 15.9 Å². The maximum atomic E-state index is 13.4. The number of hydrazone groups is 1. The normalized spacial score (nSPS) is 11.4. The molecule has 34 heavy (non-hydrogen) atoms. The summed E-state index contributed by atoms with van der Waals surface area (Å²) in [4.78, 5) is 14.8. The van der Waals surface area contributed by atoms with Gasteiger partial charge in [0, 0.05) is 18.8 Å². The smallest absolute Gasteiger partial charge is 0.264 e. The molecule has 0 unspecified atom stereocenters. The Labute approximate surface area is 199 Å². The second-order valence-electron chi connectivity index (χ2n) is 7.36. The Hall–Kier alpha value is -3.72. The van der Waals surface area contributed by atoms with E-state index >= 15 is 0 Å². The zero-order chi connectivity index (χ0) is 24.6. The lowest BCUT2D eigenvalue weighted by atomic mass is 10.2. The Bertz CT molecular complexity index is 1210. The van der Waals surface area contributed by atoms with Gasteiger partial charge in [-0.1, -0.05) is 30.3 Å². The van der Waals surface area contributed by atoms with Crippen LogP contribution in [0, 0.1) is 5.82 Å². The summed E-state index contributed by atoms with van der Waals surface area (Å²) in [6.07, 6.45) is 1.48. The summed E-state index contributed by atoms with van der Waals surface area (Å²) in [5.41, 5.74) is 4.40. The third-order valence-electron chi connectivity index (χ3n) is 5.16. The zero-order valence-electron chi connectivity index (χ0n) is 19.1. The van der Waals surface area contributed by atoms with Crippen LogP contribution in [-0.2, 0) is 14.8 Å². The van der Waals surface area contributed by atoms with Gasteiger partial charge in [0.15, 0.2) is 0 Å². The first kappa shape index (κ1) is 24.9. The summed E-state index contributed by atoms with van der Waals surface area (Å²) >= 11 is 0. The van der Waals surface area contributed by atoms with Crippen LogP contribution in [0.5, 0.6) is 0 Å². The Morgan fingerprint density at radius 2 is 1.50 bits per heavy atom. The van der Waals surface area contributed by atoms with E-state index in [-0.39, 0.29) is 10.6 Å². The molecule has 0 saturated carbocycles. The van der Waals surface area contributed by atoms with Crippen molar-refractivity contribution in [3.05, 3.63) is 90.2 Å². The molecule has 0 aromatic heterocycles. The van der Waals surface area contributed by atoms with E-state index in [0.29, 0.717) is 0 Å². The molecule has 3 aromatic rings. The molecule has 3 aromatic carbocycles. The van der Waals surface area contributed by atoms with Gasteiger partial charge < -0.3 is 4.90 Å². The fraction of sp³-hybridized carbons (Fsp3) is 0.200. The minimum Gasteiger partial charge on any atom is -0.372 e. The molecule has 1 amide bonds. The first-order valence-corrected chi connectivity index (χ1v) is 12.3. The number of rotatable bonds is 10. The van der Waals surface area contributed by atoms with Crippen molar-refractivity contribution in [2.24, 2.45) is 5.10 Å². The number of halogens is 1. The third kappa shape index (κ3) is 6.20. The first-order chi connectivity index (χ1) is 16.3. The van der Waals surface area contributed by atoms with Gasteiger partial charge in [0.2, 0.25) is 0 Å². The largest absolute Gasteiger partial charge is 0.372 e. The summed E-state index contributed by atoms with van der Waals surface area (Å²) in [5, 5.41) is 3.95. The number of amides is 1. The molecular formula is C25H27FN4O3S. The van der Waals surface area contributed by atoms with Crippen molar-refractivity contribution in [3.8, 4) is 0 Å². The van der Waals surface area contributed by atoms with Crippen molar-refractivity contribution in [1.29, 1.82) is 0 Å². The van der Waals surface area contributed by atoms with E-state index in [1.807, 2.05) is 24.3 Å². The molecule has 0 aliphatic rings. The Morgan fingerprint density at radius 3 is 2.09 bits per heavy atom. The van der Waals surface area contributed by atoms with Crippen molar-refractivity contribution < 1.29 is 17.6 Å². The van der Waals surface area contributed by atoms with Gasteiger partial charge in [-0.15, -0.1) is 0 Å². The quantitative estimate of drug-likeness (QED) is 0.350. The molecule has 0 fully saturated rings. The molecule has 0 heterocycles. The van der Waals surface area contributed by atoms with Gasteiger partial charge in [0.1, 0.15) is 12.4 Å². The van der Waals surface area contributed by atoms with E-state index < -0.39 is 28.3 Å². The highest BCUT2D eigenvalue weighted by atomic mass is 32.2. The van der Waals surface area contributed by atoms with E-state index in [9.17, 15) is 17.6 Å². The number of benzene rings is 3. The summed E-state index contributed by atoms with van der Waals surface area (Å²) < 4.78 is 40.7. The minimum atomic E-state index is -4.06. The lowest BCUT2D eigenvalue weighted by Crippen LogP contribution is -2.39. The Balaban J connectivity index is 1.74. The van der Waals surface area contributed by atoms with Crippen molar-refractivity contribution in [2.45, 2.75) is 18.7 Å². The number of carbonyl (C=O) groups is 1. The second kappa shape index (κ2) is 11.4. The van der Waals surface area contributed by atoms with Crippen molar-refractivity contribution in [2.75, 3.05) is 28.8 Å². The van der Waals surface area contributed by atoms with Crippen molar-refractivity contribution in [3.63, 3.8) is 0 Å². The van der Waals surface area contributed by atoms with E-state index in [0.717, 1.165) is 40.8 Å². The van der Waals surface area contributed by atoms with Gasteiger partial charge >= 0.3 is 0 Å². The summed E-state index contributed by atoms with van der Waals surface area (Å²) in [5.74, 6) is -1.15. The lowest BCUT2D eigenvalue weighted by molar-refractivity contribution is -0.119. The minimum absolute atomic E-state index is 0.0175. The molecule has 3 rings (SSSR count). The highest BCUT2D eigenvalue weighted by molar-refractivity contribution is 7.92.